The van der Waals surface area contributed by atoms with Crippen LogP contribution in [0, 0.1) is 0 Å². The minimum absolute atomic E-state index is 0.0219. The van der Waals surface area contributed by atoms with Crippen LogP contribution in [0.15, 0.2) is 60.7 Å². The maximum Gasteiger partial charge on any atom is 0.409 e. The average Bonchev–Trinajstić information content (AvgIpc) is 3.70. The molecule has 0 radical (unpaired) electrons. The average molecular weight is 740 g/mol. The number of hydrogen-bond acceptors (Lipinski definition) is 10. The lowest BCUT2D eigenvalue weighted by Gasteiger charge is -2.51. The molecule has 4 aromatic rings. The Kier molecular flexibility index (Phi) is 12.4. The van der Waals surface area contributed by atoms with Gasteiger partial charge in [0.1, 0.15) is 11.5 Å². The fraction of sp³-hybridized carbons (Fsp3) is 0.524. The van der Waals surface area contributed by atoms with E-state index in [1.54, 1.807) is 14.2 Å². The summed E-state index contributed by atoms with van der Waals surface area (Å²) >= 11 is 0. The van der Waals surface area contributed by atoms with Gasteiger partial charge in [-0.15, -0.1) is 0 Å². The predicted molar refractivity (Wildman–Crippen MR) is 221 cm³/mol. The number of piperidine rings is 1. The molecular formula is C42H59B2N3O7. The predicted octanol–water partition coefficient (Wildman–Crippen LogP) is 8.06. The van der Waals surface area contributed by atoms with Gasteiger partial charge in [0, 0.05) is 83.5 Å². The van der Waals surface area contributed by atoms with Gasteiger partial charge in [-0.1, -0.05) is 55.5 Å². The third kappa shape index (κ3) is 7.92. The van der Waals surface area contributed by atoms with Crippen molar-refractivity contribution in [3.63, 3.8) is 0 Å². The number of methoxy groups -OCH3 is 2. The molecule has 0 bridgehead atoms. The Labute approximate surface area is 322 Å². The van der Waals surface area contributed by atoms with E-state index in [0.717, 1.165) is 75.8 Å². The number of fused-ring (bicyclic) bond motifs is 4. The maximum atomic E-state index is 10.5. The van der Waals surface area contributed by atoms with Crippen LogP contribution in [0.4, 0.5) is 11.4 Å². The van der Waals surface area contributed by atoms with Gasteiger partial charge in [-0.2, -0.15) is 5.06 Å². The SMILES string of the molecule is CCC1CN(B(C)O)c2cc3ccccc3c(OCOC)c21.COCOc1c2c(cc3ccccc13)N(B(C)O)CC2CON1C(C)(C)CCCC1(C)C. The van der Waals surface area contributed by atoms with E-state index in [4.69, 9.17) is 23.8 Å². The Hall–Kier alpha value is -3.51. The fourth-order valence-corrected chi connectivity index (χ4v) is 8.96. The van der Waals surface area contributed by atoms with Gasteiger partial charge in [-0.25, -0.2) is 0 Å². The third-order valence-corrected chi connectivity index (χ3v) is 11.4. The summed E-state index contributed by atoms with van der Waals surface area (Å²) in [5, 5.41) is 27.2. The number of ether oxygens (including phenoxy) is 4. The van der Waals surface area contributed by atoms with Gasteiger partial charge in [0.05, 0.1) is 6.61 Å². The molecule has 0 saturated carbocycles. The van der Waals surface area contributed by atoms with E-state index in [1.165, 1.54) is 12.0 Å². The van der Waals surface area contributed by atoms with Crippen molar-refractivity contribution in [3.8, 4) is 11.5 Å². The van der Waals surface area contributed by atoms with Crippen LogP contribution in [0.1, 0.15) is 83.3 Å². The molecule has 0 amide bonds. The highest BCUT2D eigenvalue weighted by atomic mass is 16.7. The monoisotopic (exact) mass is 739 g/mol. The van der Waals surface area contributed by atoms with Crippen molar-refractivity contribution in [2.45, 2.75) is 96.9 Å². The van der Waals surface area contributed by atoms with Crippen molar-refractivity contribution in [3.05, 3.63) is 71.8 Å². The first-order valence-electron chi connectivity index (χ1n) is 19.5. The molecule has 3 heterocycles. The number of benzene rings is 4. The lowest BCUT2D eigenvalue weighted by atomic mass is 9.82. The highest BCUT2D eigenvalue weighted by Crippen LogP contribution is 2.49. The van der Waals surface area contributed by atoms with Crippen LogP contribution in [-0.2, 0) is 14.3 Å². The molecule has 3 aliphatic rings. The van der Waals surface area contributed by atoms with Crippen molar-refractivity contribution < 1.29 is 33.8 Å². The van der Waals surface area contributed by atoms with Gasteiger partial charge < -0.3 is 38.6 Å². The van der Waals surface area contributed by atoms with Crippen molar-refractivity contribution in [2.24, 2.45) is 0 Å². The Balaban J connectivity index is 0.000000197. The number of rotatable bonds is 12. The Morgan fingerprint density at radius 1 is 0.704 bits per heavy atom. The summed E-state index contributed by atoms with van der Waals surface area (Å²) in [4.78, 5) is 10.7. The molecule has 1 fully saturated rings. The Bertz CT molecular complexity index is 1890. The zero-order valence-electron chi connectivity index (χ0n) is 33.7. The van der Waals surface area contributed by atoms with E-state index < -0.39 is 14.1 Å². The molecule has 2 atom stereocenters. The Morgan fingerprint density at radius 2 is 1.15 bits per heavy atom. The summed E-state index contributed by atoms with van der Waals surface area (Å²) < 4.78 is 22.4. The lowest BCUT2D eigenvalue weighted by Crippen LogP contribution is -2.58. The van der Waals surface area contributed by atoms with Crippen LogP contribution in [0.25, 0.3) is 21.5 Å². The molecule has 1 saturated heterocycles. The van der Waals surface area contributed by atoms with E-state index in [0.29, 0.717) is 19.1 Å². The first kappa shape index (κ1) is 40.2. The molecule has 10 nitrogen and oxygen atoms in total. The molecular weight excluding hydrogens is 680 g/mol. The normalized spacial score (nSPS) is 20.1. The molecule has 12 heteroatoms. The summed E-state index contributed by atoms with van der Waals surface area (Å²) in [6.45, 7) is 17.3. The van der Waals surface area contributed by atoms with E-state index >= 15 is 0 Å². The van der Waals surface area contributed by atoms with E-state index in [1.807, 2.05) is 42.7 Å². The van der Waals surface area contributed by atoms with Crippen molar-refractivity contribution in [1.29, 1.82) is 0 Å². The first-order valence-corrected chi connectivity index (χ1v) is 19.5. The second kappa shape index (κ2) is 16.7. The zero-order chi connectivity index (χ0) is 38.8. The summed E-state index contributed by atoms with van der Waals surface area (Å²) in [6.07, 6.45) is 4.45. The zero-order valence-corrected chi connectivity index (χ0v) is 33.7. The van der Waals surface area contributed by atoms with Crippen molar-refractivity contribution >= 4 is 47.0 Å². The molecule has 4 aromatic carbocycles. The van der Waals surface area contributed by atoms with Crippen LogP contribution in [-0.4, -0.2) is 87.8 Å². The Morgan fingerprint density at radius 3 is 1.59 bits per heavy atom. The van der Waals surface area contributed by atoms with Crippen molar-refractivity contribution in [2.75, 3.05) is 57.1 Å². The molecule has 0 spiro atoms. The van der Waals surface area contributed by atoms with Gasteiger partial charge in [-0.05, 0) is 89.9 Å². The lowest BCUT2D eigenvalue weighted by molar-refractivity contribution is -0.282. The molecule has 3 aliphatic heterocycles. The number of hydrogen-bond donors (Lipinski definition) is 2. The minimum atomic E-state index is -0.599. The third-order valence-electron chi connectivity index (χ3n) is 11.4. The number of nitrogens with zero attached hydrogens (tertiary/aromatic N) is 3. The molecule has 290 valence electrons. The molecule has 0 aliphatic carbocycles. The molecule has 2 N–H and O–H groups in total. The second-order valence-corrected chi connectivity index (χ2v) is 16.3. The van der Waals surface area contributed by atoms with Crippen LogP contribution < -0.4 is 19.1 Å². The van der Waals surface area contributed by atoms with Crippen molar-refractivity contribution in [1.82, 2.24) is 5.06 Å². The summed E-state index contributed by atoms with van der Waals surface area (Å²) in [6, 6.07) is 20.7. The quantitative estimate of drug-likeness (QED) is 0.110. The molecule has 7 rings (SSSR count). The first-order chi connectivity index (χ1) is 25.8. The van der Waals surface area contributed by atoms with Crippen LogP contribution >= 0.6 is 0 Å². The van der Waals surface area contributed by atoms with Crippen LogP contribution in [0.5, 0.6) is 11.5 Å². The fourth-order valence-electron chi connectivity index (χ4n) is 8.96. The van der Waals surface area contributed by atoms with E-state index in [-0.39, 0.29) is 30.6 Å². The van der Waals surface area contributed by atoms with Crippen LogP contribution in [0.2, 0.25) is 13.6 Å². The highest BCUT2D eigenvalue weighted by Gasteiger charge is 2.44. The highest BCUT2D eigenvalue weighted by molar-refractivity contribution is 6.54. The number of anilines is 2. The van der Waals surface area contributed by atoms with Crippen LogP contribution in [0.3, 0.4) is 0 Å². The maximum absolute atomic E-state index is 10.5. The second-order valence-electron chi connectivity index (χ2n) is 16.3. The largest absolute Gasteiger partial charge is 0.467 e. The number of hydroxylamine groups is 2. The van der Waals surface area contributed by atoms with Gasteiger partial charge in [0.25, 0.3) is 0 Å². The van der Waals surface area contributed by atoms with E-state index in [9.17, 15) is 10.0 Å². The molecule has 0 aromatic heterocycles. The van der Waals surface area contributed by atoms with Gasteiger partial charge in [0.2, 0.25) is 0 Å². The molecule has 54 heavy (non-hydrogen) atoms. The standard InChI is InChI=1S/C25H37BN2O4.C17H22BNO3/c1-24(2)12-9-13-25(3,4)28(24)32-16-19-15-27(26(5)29)21-14-18-10-7-8-11-20(18)23(22(19)21)31-17-30-6;1-4-12-10-19(18(2)20)15-9-13-7-5-6-8-14(13)17(16(12)15)22-11-21-3/h7-8,10-11,14,19,29H,9,12-13,15-17H2,1-6H3;5-9,12,20H,4,10-11H2,1-3H3. The van der Waals surface area contributed by atoms with E-state index in [2.05, 4.69) is 80.9 Å². The summed E-state index contributed by atoms with van der Waals surface area (Å²) in [5.41, 5.74) is 4.33. The molecule has 2 unspecified atom stereocenters. The van der Waals surface area contributed by atoms with Gasteiger partial charge >= 0.3 is 14.1 Å². The topological polar surface area (TPSA) is 96.3 Å². The van der Waals surface area contributed by atoms with Gasteiger partial charge in [-0.3, -0.25) is 4.84 Å². The van der Waals surface area contributed by atoms with Gasteiger partial charge in [0.15, 0.2) is 13.6 Å². The minimum Gasteiger partial charge on any atom is -0.467 e. The smallest absolute Gasteiger partial charge is 0.409 e. The summed E-state index contributed by atoms with van der Waals surface area (Å²) in [7, 11) is 2.16. The summed E-state index contributed by atoms with van der Waals surface area (Å²) in [5.74, 6) is 2.16.